The van der Waals surface area contributed by atoms with Gasteiger partial charge >= 0.3 is 5.97 Å². The fraction of sp³-hybridized carbons (Fsp3) is 0.333. The van der Waals surface area contributed by atoms with Crippen molar-refractivity contribution in [2.75, 3.05) is 13.6 Å². The molecule has 6 nitrogen and oxygen atoms in total. The Morgan fingerprint density at radius 3 is 2.58 bits per heavy atom. The number of amides is 1. The predicted octanol–water partition coefficient (Wildman–Crippen LogP) is 6.91. The molecule has 0 radical (unpaired) electrons. The molecule has 0 heterocycles. The number of halogens is 2. The van der Waals surface area contributed by atoms with Gasteiger partial charge in [-0.1, -0.05) is 36.7 Å². The highest BCUT2D eigenvalue weighted by Gasteiger charge is 2.20. The number of hydrogen-bond donors (Lipinski definition) is 2. The lowest BCUT2D eigenvalue weighted by Crippen LogP contribution is -2.35. The highest BCUT2D eigenvalue weighted by Crippen LogP contribution is 2.29. The van der Waals surface area contributed by atoms with E-state index in [4.69, 9.17) is 21.4 Å². The van der Waals surface area contributed by atoms with Gasteiger partial charge in [-0.25, -0.2) is 4.39 Å². The Morgan fingerprint density at radius 2 is 1.95 bits per heavy atom. The molecule has 2 rings (SSSR count). The Labute approximate surface area is 229 Å². The van der Waals surface area contributed by atoms with E-state index in [0.717, 1.165) is 16.7 Å². The quantitative estimate of drug-likeness (QED) is 0.200. The van der Waals surface area contributed by atoms with E-state index < -0.39 is 17.8 Å². The molecular formula is C30H36ClFN2O4. The topological polar surface area (TPSA) is 78.9 Å². The molecule has 0 fully saturated rings. The van der Waals surface area contributed by atoms with E-state index in [-0.39, 0.29) is 12.3 Å². The van der Waals surface area contributed by atoms with Crippen LogP contribution in [0.15, 0.2) is 71.9 Å². The zero-order valence-corrected chi connectivity index (χ0v) is 23.1. The third kappa shape index (κ3) is 9.06. The molecule has 2 N–H and O–H groups in total. The molecule has 0 bridgehead atoms. The van der Waals surface area contributed by atoms with Crippen LogP contribution in [0.5, 0.6) is 11.5 Å². The number of carboxylic acid groups (broad SMARTS) is 1. The van der Waals surface area contributed by atoms with Crippen LogP contribution in [0.2, 0.25) is 0 Å². The van der Waals surface area contributed by atoms with Crippen molar-refractivity contribution in [3.63, 3.8) is 0 Å². The number of carbonyl (C=O) groups is 2. The Balaban J connectivity index is 2.26. The van der Waals surface area contributed by atoms with E-state index in [1.165, 1.54) is 17.7 Å². The minimum atomic E-state index is -0.849. The second-order valence-corrected chi connectivity index (χ2v) is 9.31. The van der Waals surface area contributed by atoms with Crippen molar-refractivity contribution in [2.24, 2.45) is 0 Å². The number of aryl methyl sites for hydroxylation is 2. The van der Waals surface area contributed by atoms with Crippen LogP contribution >= 0.6 is 11.6 Å². The number of allylic oxidation sites excluding steroid dienone is 2. The molecule has 38 heavy (non-hydrogen) atoms. The smallest absolute Gasteiger partial charge is 0.303 e. The van der Waals surface area contributed by atoms with Crippen LogP contribution in [0.3, 0.4) is 0 Å². The molecule has 0 saturated carbocycles. The summed E-state index contributed by atoms with van der Waals surface area (Å²) >= 11 is 5.67. The molecule has 1 atom stereocenters. The monoisotopic (exact) mass is 542 g/mol. The van der Waals surface area contributed by atoms with Gasteiger partial charge in [0.05, 0.1) is 6.04 Å². The SMILES string of the molecule is C=CCN(C)/C(C(=O)NC(C)c1cc(F)cc(Oc2ccc(CCC(=O)O)c(CC)c2)c1)=C(/C)C/C=C/Cl. The van der Waals surface area contributed by atoms with Crippen molar-refractivity contribution in [3.8, 4) is 11.5 Å². The number of carboxylic acids is 1. The Morgan fingerprint density at radius 1 is 1.21 bits per heavy atom. The Kier molecular flexibility index (Phi) is 12.1. The van der Waals surface area contributed by atoms with Gasteiger partial charge in [0.15, 0.2) is 0 Å². The van der Waals surface area contributed by atoms with Gasteiger partial charge in [-0.15, -0.1) is 6.58 Å². The minimum Gasteiger partial charge on any atom is -0.481 e. The summed E-state index contributed by atoms with van der Waals surface area (Å²) in [6.45, 7) is 9.85. The third-order valence-electron chi connectivity index (χ3n) is 6.06. The number of hydrogen-bond acceptors (Lipinski definition) is 4. The second kappa shape index (κ2) is 15.0. The number of ether oxygens (including phenoxy) is 1. The van der Waals surface area contributed by atoms with E-state index in [2.05, 4.69) is 11.9 Å². The number of aliphatic carboxylic acids is 1. The standard InChI is InChI=1S/C30H36ClFN2O4/c1-6-15-34(5)29(20(3)9-8-14-31)30(37)33-21(4)24-16-25(32)19-27(18-24)38-26-12-10-23(11-13-28(35)36)22(7-2)17-26/h6,8,10,12,14,16-19,21H,1,7,9,11,13,15H2,2-5H3,(H,33,37)(H,35,36)/b14-8+,29-20-. The summed E-state index contributed by atoms with van der Waals surface area (Å²) < 4.78 is 20.5. The summed E-state index contributed by atoms with van der Waals surface area (Å²) in [5, 5.41) is 11.9. The zero-order chi connectivity index (χ0) is 28.2. The molecule has 1 amide bonds. The molecule has 0 aliphatic carbocycles. The van der Waals surface area contributed by atoms with Crippen LogP contribution < -0.4 is 10.1 Å². The van der Waals surface area contributed by atoms with Crippen molar-refractivity contribution in [2.45, 2.75) is 52.5 Å². The first-order valence-electron chi connectivity index (χ1n) is 12.5. The van der Waals surface area contributed by atoms with E-state index in [0.29, 0.717) is 48.6 Å². The maximum Gasteiger partial charge on any atom is 0.303 e. The van der Waals surface area contributed by atoms with Crippen molar-refractivity contribution in [1.82, 2.24) is 10.2 Å². The maximum absolute atomic E-state index is 14.6. The largest absolute Gasteiger partial charge is 0.481 e. The lowest BCUT2D eigenvalue weighted by molar-refractivity contribution is -0.137. The van der Waals surface area contributed by atoms with Gasteiger partial charge in [-0.2, -0.15) is 0 Å². The van der Waals surface area contributed by atoms with Gasteiger partial charge in [-0.05, 0) is 79.6 Å². The van der Waals surface area contributed by atoms with Crippen LogP contribution in [0.4, 0.5) is 4.39 Å². The van der Waals surface area contributed by atoms with Crippen molar-refractivity contribution in [3.05, 3.63) is 94.4 Å². The molecule has 0 saturated heterocycles. The highest BCUT2D eigenvalue weighted by molar-refractivity contribution is 6.25. The highest BCUT2D eigenvalue weighted by atomic mass is 35.5. The van der Waals surface area contributed by atoms with E-state index in [1.54, 1.807) is 43.2 Å². The van der Waals surface area contributed by atoms with Crippen molar-refractivity contribution in [1.29, 1.82) is 0 Å². The normalized spacial score (nSPS) is 12.6. The number of likely N-dealkylation sites (N-methyl/N-ethyl adjacent to an activating group) is 1. The lowest BCUT2D eigenvalue weighted by atomic mass is 10.0. The summed E-state index contributed by atoms with van der Waals surface area (Å²) in [5.41, 5.74) is 5.21. The van der Waals surface area contributed by atoms with Crippen LogP contribution in [0, 0.1) is 5.82 Å². The van der Waals surface area contributed by atoms with Crippen LogP contribution in [0.1, 0.15) is 56.3 Å². The second-order valence-electron chi connectivity index (χ2n) is 9.06. The van der Waals surface area contributed by atoms with Crippen LogP contribution in [-0.4, -0.2) is 35.5 Å². The molecular weight excluding hydrogens is 507 g/mol. The van der Waals surface area contributed by atoms with Gasteiger partial charge in [0.1, 0.15) is 23.0 Å². The summed E-state index contributed by atoms with van der Waals surface area (Å²) in [5.74, 6) is -0.815. The number of rotatable bonds is 14. The molecule has 0 spiro atoms. The average Bonchev–Trinajstić information content (AvgIpc) is 2.86. The fourth-order valence-electron chi connectivity index (χ4n) is 4.15. The molecule has 0 aliphatic heterocycles. The fourth-order valence-corrected chi connectivity index (χ4v) is 4.24. The summed E-state index contributed by atoms with van der Waals surface area (Å²) in [7, 11) is 1.81. The molecule has 0 aliphatic rings. The number of benzene rings is 2. The summed E-state index contributed by atoms with van der Waals surface area (Å²) in [6, 6.07) is 9.27. The Bertz CT molecular complexity index is 1210. The van der Waals surface area contributed by atoms with Crippen molar-refractivity contribution >= 4 is 23.5 Å². The van der Waals surface area contributed by atoms with Gasteiger partial charge in [-0.3, -0.25) is 9.59 Å². The van der Waals surface area contributed by atoms with E-state index >= 15 is 0 Å². The third-order valence-corrected chi connectivity index (χ3v) is 6.24. The average molecular weight is 543 g/mol. The molecule has 204 valence electrons. The van der Waals surface area contributed by atoms with E-state index in [1.807, 2.05) is 26.0 Å². The van der Waals surface area contributed by atoms with Gasteiger partial charge in [0.2, 0.25) is 0 Å². The first kappa shape index (κ1) is 30.6. The Hall–Kier alpha value is -3.58. The zero-order valence-electron chi connectivity index (χ0n) is 22.4. The van der Waals surface area contributed by atoms with E-state index in [9.17, 15) is 14.0 Å². The molecule has 2 aromatic carbocycles. The van der Waals surface area contributed by atoms with Crippen molar-refractivity contribution < 1.29 is 23.8 Å². The lowest BCUT2D eigenvalue weighted by Gasteiger charge is -2.25. The van der Waals surface area contributed by atoms with Crippen LogP contribution in [-0.2, 0) is 22.4 Å². The molecule has 2 aromatic rings. The summed E-state index contributed by atoms with van der Waals surface area (Å²) in [6.07, 6.45) is 5.16. The number of nitrogens with one attached hydrogen (secondary N) is 1. The molecule has 8 heteroatoms. The summed E-state index contributed by atoms with van der Waals surface area (Å²) in [4.78, 5) is 26.0. The molecule has 1 unspecified atom stereocenters. The van der Waals surface area contributed by atoms with Gasteiger partial charge in [0, 0.05) is 31.6 Å². The molecule has 0 aromatic heterocycles. The maximum atomic E-state index is 14.6. The van der Waals surface area contributed by atoms with Gasteiger partial charge < -0.3 is 20.1 Å². The predicted molar refractivity (Wildman–Crippen MR) is 150 cm³/mol. The van der Waals surface area contributed by atoms with Gasteiger partial charge in [0.25, 0.3) is 5.91 Å². The number of carbonyl (C=O) groups excluding carboxylic acids is 1. The van der Waals surface area contributed by atoms with Crippen LogP contribution in [0.25, 0.3) is 0 Å². The minimum absolute atomic E-state index is 0.0489. The first-order valence-corrected chi connectivity index (χ1v) is 12.9. The first-order chi connectivity index (χ1) is 18.1. The number of nitrogens with zero attached hydrogens (tertiary/aromatic N) is 1.